The summed E-state index contributed by atoms with van der Waals surface area (Å²) >= 11 is 0. The molecule has 0 spiro atoms. The van der Waals surface area contributed by atoms with E-state index >= 15 is 0 Å². The van der Waals surface area contributed by atoms with Gasteiger partial charge < -0.3 is 4.90 Å². The molecule has 2 aromatic rings. The van der Waals surface area contributed by atoms with Gasteiger partial charge in [-0.05, 0) is 43.8 Å². The van der Waals surface area contributed by atoms with E-state index < -0.39 is 0 Å². The third-order valence-corrected chi connectivity index (χ3v) is 5.62. The van der Waals surface area contributed by atoms with Crippen LogP contribution in [0.4, 0.5) is 11.5 Å². The first-order chi connectivity index (χ1) is 11.6. The summed E-state index contributed by atoms with van der Waals surface area (Å²) in [7, 11) is 2.25. The van der Waals surface area contributed by atoms with Crippen molar-refractivity contribution in [3.05, 3.63) is 40.6 Å². The Morgan fingerprint density at radius 3 is 2.83 bits per heavy atom. The number of piperidine rings is 1. The number of likely N-dealkylation sites (N-methyl/N-ethyl adjacent to an activating group) is 1. The van der Waals surface area contributed by atoms with E-state index in [2.05, 4.69) is 21.8 Å². The Balaban J connectivity index is 1.66. The molecule has 2 atom stereocenters. The Kier molecular flexibility index (Phi) is 3.84. The van der Waals surface area contributed by atoms with Crippen LogP contribution >= 0.6 is 0 Å². The first kappa shape index (κ1) is 15.3. The van der Waals surface area contributed by atoms with Crippen LogP contribution in [0.1, 0.15) is 25.7 Å². The number of fused-ring (bicyclic) bond motifs is 3. The Bertz CT molecular complexity index is 779. The monoisotopic (exact) mass is 325 g/mol. The molecule has 2 saturated heterocycles. The van der Waals surface area contributed by atoms with Gasteiger partial charge in [-0.1, -0.05) is 6.42 Å². The number of non-ortho nitro benzene ring substituents is 1. The summed E-state index contributed by atoms with van der Waals surface area (Å²) in [5.41, 5.74) is 0.131. The predicted molar refractivity (Wildman–Crippen MR) is 94.4 cm³/mol. The van der Waals surface area contributed by atoms with Crippen molar-refractivity contribution in [2.24, 2.45) is 0 Å². The Morgan fingerprint density at radius 1 is 1.17 bits per heavy atom. The summed E-state index contributed by atoms with van der Waals surface area (Å²) in [6.45, 7) is 1.99. The number of hydrogen-bond donors (Lipinski definition) is 0. The number of aromatic nitrogens is 1. The van der Waals surface area contributed by atoms with Gasteiger partial charge in [0.15, 0.2) is 0 Å². The summed E-state index contributed by atoms with van der Waals surface area (Å²) in [6.07, 6.45) is 6.82. The maximum atomic E-state index is 11.0. The highest BCUT2D eigenvalue weighted by molar-refractivity contribution is 5.86. The van der Waals surface area contributed by atoms with Crippen LogP contribution in [-0.4, -0.2) is 47.0 Å². The lowest BCUT2D eigenvalue weighted by Crippen LogP contribution is -2.45. The van der Waals surface area contributed by atoms with Crippen molar-refractivity contribution in [2.75, 3.05) is 25.0 Å². The molecule has 0 amide bonds. The highest BCUT2D eigenvalue weighted by Crippen LogP contribution is 2.30. The van der Waals surface area contributed by atoms with Gasteiger partial charge in [0.1, 0.15) is 5.82 Å². The van der Waals surface area contributed by atoms with Crippen molar-refractivity contribution in [2.45, 2.75) is 37.8 Å². The van der Waals surface area contributed by atoms with Crippen molar-refractivity contribution in [3.8, 4) is 0 Å². The lowest BCUT2D eigenvalue weighted by molar-refractivity contribution is -0.384. The molecule has 24 heavy (non-hydrogen) atoms. The molecule has 4 rings (SSSR count). The molecule has 3 heterocycles. The molecule has 6 heteroatoms. The quantitative estimate of drug-likeness (QED) is 0.627. The molecule has 0 saturated carbocycles. The van der Waals surface area contributed by atoms with E-state index in [0.717, 1.165) is 36.1 Å². The first-order valence-corrected chi connectivity index (χ1v) is 8.63. The fourth-order valence-corrected chi connectivity index (χ4v) is 4.12. The highest BCUT2D eigenvalue weighted by atomic mass is 16.6. The molecule has 1 aromatic carbocycles. The SMILES string of the molecule is [11CH3]N1[C@@H]2CCC[C@H]1CN(c1cc3cc([N+](=O)[O-])ccc3cn1)CC2. The largest absolute Gasteiger partial charge is 0.355 e. The Labute approximate surface area is 141 Å². The molecule has 0 aliphatic carbocycles. The van der Waals surface area contributed by atoms with Crippen molar-refractivity contribution in [3.63, 3.8) is 0 Å². The number of pyridine rings is 1. The maximum absolute atomic E-state index is 11.0. The molecular weight excluding hydrogens is 303 g/mol. The number of hydrogen-bond acceptors (Lipinski definition) is 5. The van der Waals surface area contributed by atoms with E-state index in [0.29, 0.717) is 12.1 Å². The van der Waals surface area contributed by atoms with E-state index in [1.54, 1.807) is 12.1 Å². The van der Waals surface area contributed by atoms with E-state index in [4.69, 9.17) is 0 Å². The van der Waals surface area contributed by atoms with E-state index in [1.807, 2.05) is 12.3 Å². The van der Waals surface area contributed by atoms with Gasteiger partial charge in [0, 0.05) is 48.9 Å². The highest BCUT2D eigenvalue weighted by Gasteiger charge is 2.32. The Hall–Kier alpha value is -2.21. The lowest BCUT2D eigenvalue weighted by atomic mass is 9.93. The van der Waals surface area contributed by atoms with Gasteiger partial charge in [0.2, 0.25) is 0 Å². The second kappa shape index (κ2) is 6.02. The summed E-state index contributed by atoms with van der Waals surface area (Å²) in [4.78, 5) is 20.2. The number of anilines is 1. The molecule has 126 valence electrons. The smallest absolute Gasteiger partial charge is 0.270 e. The molecule has 2 bridgehead atoms. The van der Waals surface area contributed by atoms with Gasteiger partial charge in [-0.2, -0.15) is 0 Å². The van der Waals surface area contributed by atoms with Gasteiger partial charge in [-0.15, -0.1) is 0 Å². The van der Waals surface area contributed by atoms with Crippen LogP contribution in [0, 0.1) is 10.1 Å². The van der Waals surface area contributed by atoms with Crippen LogP contribution in [0.3, 0.4) is 0 Å². The number of rotatable bonds is 2. The lowest BCUT2D eigenvalue weighted by Gasteiger charge is -2.37. The molecule has 0 unspecified atom stereocenters. The second-order valence-electron chi connectivity index (χ2n) is 6.97. The van der Waals surface area contributed by atoms with E-state index in [9.17, 15) is 10.1 Å². The molecule has 2 aliphatic rings. The molecule has 2 aliphatic heterocycles. The number of benzene rings is 1. The normalized spacial score (nSPS) is 24.8. The standard InChI is InChI=1S/C18H22N4O2/c1-20-15-3-2-4-17(20)12-21(8-7-15)18-10-14-9-16(22(23)24)6-5-13(14)11-19-18/h5-6,9-11,15,17H,2-4,7-8,12H2,1H3/t15-,17+/m1/s1/i1-1. The zero-order valence-electron chi connectivity index (χ0n) is 13.9. The van der Waals surface area contributed by atoms with Crippen LogP contribution in [0.15, 0.2) is 30.5 Å². The van der Waals surface area contributed by atoms with Crippen molar-refractivity contribution in [1.29, 1.82) is 0 Å². The van der Waals surface area contributed by atoms with Crippen molar-refractivity contribution < 1.29 is 4.92 Å². The molecular formula is C18H22N4O2. The van der Waals surface area contributed by atoms with E-state index in [-0.39, 0.29) is 10.6 Å². The summed E-state index contributed by atoms with van der Waals surface area (Å²) in [5, 5.41) is 12.8. The third-order valence-electron chi connectivity index (χ3n) is 5.62. The van der Waals surface area contributed by atoms with Crippen molar-refractivity contribution >= 4 is 22.3 Å². The van der Waals surface area contributed by atoms with Gasteiger partial charge in [0.05, 0.1) is 4.92 Å². The second-order valence-corrected chi connectivity index (χ2v) is 6.97. The van der Waals surface area contributed by atoms with E-state index in [1.165, 1.54) is 25.3 Å². The van der Waals surface area contributed by atoms with Gasteiger partial charge >= 0.3 is 0 Å². The minimum Gasteiger partial charge on any atom is -0.355 e. The summed E-state index contributed by atoms with van der Waals surface area (Å²) in [6, 6.07) is 8.20. The molecule has 1 aromatic heterocycles. The maximum Gasteiger partial charge on any atom is 0.270 e. The molecule has 0 radical (unpaired) electrons. The van der Waals surface area contributed by atoms with Crippen molar-refractivity contribution in [1.82, 2.24) is 9.88 Å². The number of nitrogens with zero attached hydrogens (tertiary/aromatic N) is 4. The molecule has 0 N–H and O–H groups in total. The van der Waals surface area contributed by atoms with Crippen LogP contribution in [-0.2, 0) is 0 Å². The fourth-order valence-electron chi connectivity index (χ4n) is 4.12. The zero-order valence-corrected chi connectivity index (χ0v) is 13.9. The summed E-state index contributed by atoms with van der Waals surface area (Å²) in [5.74, 6) is 0.934. The molecule has 2 fully saturated rings. The van der Waals surface area contributed by atoms with Gasteiger partial charge in [-0.3, -0.25) is 15.0 Å². The van der Waals surface area contributed by atoms with Gasteiger partial charge in [0.25, 0.3) is 5.69 Å². The average Bonchev–Trinajstić information content (AvgIpc) is 2.68. The van der Waals surface area contributed by atoms with Crippen LogP contribution in [0.5, 0.6) is 0 Å². The predicted octanol–water partition coefficient (Wildman–Crippen LogP) is 3.21. The number of nitro groups is 1. The fraction of sp³-hybridized carbons (Fsp3) is 0.500. The van der Waals surface area contributed by atoms with Crippen LogP contribution < -0.4 is 4.90 Å². The topological polar surface area (TPSA) is 62.5 Å². The third kappa shape index (κ3) is 2.71. The van der Waals surface area contributed by atoms with Gasteiger partial charge in [-0.25, -0.2) is 4.98 Å². The first-order valence-electron chi connectivity index (χ1n) is 8.63. The zero-order chi connectivity index (χ0) is 16.7. The van der Waals surface area contributed by atoms with Crippen LogP contribution in [0.2, 0.25) is 0 Å². The average molecular weight is 325 g/mol. The minimum absolute atomic E-state index is 0.131. The minimum atomic E-state index is -0.344. The van der Waals surface area contributed by atoms with Crippen LogP contribution in [0.25, 0.3) is 10.8 Å². The Morgan fingerprint density at radius 2 is 2.00 bits per heavy atom. The number of nitro benzene ring substituents is 1. The molecule has 6 nitrogen and oxygen atoms in total. The summed E-state index contributed by atoms with van der Waals surface area (Å²) < 4.78 is 0.